The van der Waals surface area contributed by atoms with Gasteiger partial charge in [0.1, 0.15) is 0 Å². The van der Waals surface area contributed by atoms with Crippen LogP contribution in [0.5, 0.6) is 0 Å². The van der Waals surface area contributed by atoms with E-state index >= 15 is 0 Å². The fourth-order valence-corrected chi connectivity index (χ4v) is 3.11. The molecule has 0 aliphatic rings. The topological polar surface area (TPSA) is 59.2 Å². The number of benzene rings is 3. The molecule has 0 unspecified atom stereocenters. The molecule has 5 nitrogen and oxygen atoms in total. The van der Waals surface area contributed by atoms with Gasteiger partial charge in [-0.05, 0) is 17.7 Å². The molecule has 0 saturated carbocycles. The zero-order valence-corrected chi connectivity index (χ0v) is 15.9. The molecule has 4 aromatic rings. The minimum Gasteiger partial charge on any atom is -0.339 e. The molecule has 5 heteroatoms. The first kappa shape index (κ1) is 18.6. The third-order valence-electron chi connectivity index (χ3n) is 4.61. The van der Waals surface area contributed by atoms with E-state index in [1.54, 1.807) is 4.90 Å². The Hall–Kier alpha value is -3.73. The van der Waals surface area contributed by atoms with Crippen molar-refractivity contribution in [2.45, 2.75) is 19.4 Å². The van der Waals surface area contributed by atoms with E-state index in [0.29, 0.717) is 24.7 Å². The maximum Gasteiger partial charge on any atom is 0.227 e. The molecular weight excluding hydrogens is 362 g/mol. The second-order valence-electron chi connectivity index (χ2n) is 6.68. The normalized spacial score (nSPS) is 10.6. The Morgan fingerprint density at radius 1 is 0.828 bits per heavy atom. The lowest BCUT2D eigenvalue weighted by molar-refractivity contribution is -0.118. The molecule has 0 aliphatic heterocycles. The summed E-state index contributed by atoms with van der Waals surface area (Å²) in [6.45, 7) is 0.517. The van der Waals surface area contributed by atoms with Crippen LogP contribution in [-0.4, -0.2) is 16.0 Å². The summed E-state index contributed by atoms with van der Waals surface area (Å²) in [6.07, 6.45) is 0.689. The lowest BCUT2D eigenvalue weighted by atomic mass is 10.1. The molecule has 144 valence electrons. The van der Waals surface area contributed by atoms with Crippen molar-refractivity contribution >= 4 is 11.6 Å². The average molecular weight is 383 g/mol. The quantitative estimate of drug-likeness (QED) is 0.455. The Balaban J connectivity index is 1.46. The van der Waals surface area contributed by atoms with Crippen LogP contribution in [0.1, 0.15) is 17.9 Å². The second-order valence-corrected chi connectivity index (χ2v) is 6.68. The van der Waals surface area contributed by atoms with Gasteiger partial charge < -0.3 is 9.42 Å². The average Bonchev–Trinajstić information content (AvgIpc) is 3.27. The Kier molecular flexibility index (Phi) is 5.76. The summed E-state index contributed by atoms with van der Waals surface area (Å²) in [5.41, 5.74) is 2.84. The molecule has 0 bridgehead atoms. The first-order valence-electron chi connectivity index (χ1n) is 9.57. The predicted molar refractivity (Wildman–Crippen MR) is 112 cm³/mol. The molecule has 0 spiro atoms. The van der Waals surface area contributed by atoms with E-state index in [1.807, 2.05) is 91.0 Å². The fraction of sp³-hybridized carbons (Fsp3) is 0.125. The standard InChI is InChI=1S/C24H21N3O2/c28-23(17-16-22-25-24(26-29-22)20-12-6-2-7-13-20)27(21-14-8-3-9-15-21)18-19-10-4-1-5-11-19/h1-15H,16-18H2. The van der Waals surface area contributed by atoms with Crippen LogP contribution in [0.3, 0.4) is 0 Å². The van der Waals surface area contributed by atoms with E-state index in [2.05, 4.69) is 10.1 Å². The molecule has 1 aromatic heterocycles. The highest BCUT2D eigenvalue weighted by Crippen LogP contribution is 2.20. The van der Waals surface area contributed by atoms with Gasteiger partial charge in [0.05, 0.1) is 6.54 Å². The van der Waals surface area contributed by atoms with Crippen LogP contribution in [0.25, 0.3) is 11.4 Å². The number of aryl methyl sites for hydroxylation is 1. The maximum absolute atomic E-state index is 13.0. The van der Waals surface area contributed by atoms with Gasteiger partial charge >= 0.3 is 0 Å². The summed E-state index contributed by atoms with van der Waals surface area (Å²) in [5.74, 6) is 1.02. The van der Waals surface area contributed by atoms with Crippen molar-refractivity contribution in [3.63, 3.8) is 0 Å². The minimum atomic E-state index is 0.0134. The van der Waals surface area contributed by atoms with Crippen molar-refractivity contribution in [3.05, 3.63) is 102 Å². The zero-order chi connectivity index (χ0) is 19.9. The Morgan fingerprint density at radius 3 is 2.14 bits per heavy atom. The van der Waals surface area contributed by atoms with E-state index in [-0.39, 0.29) is 12.3 Å². The van der Waals surface area contributed by atoms with Gasteiger partial charge in [-0.3, -0.25) is 4.79 Å². The van der Waals surface area contributed by atoms with Gasteiger partial charge in [0, 0.05) is 24.1 Å². The van der Waals surface area contributed by atoms with E-state index in [4.69, 9.17) is 4.52 Å². The molecule has 1 amide bonds. The molecule has 0 N–H and O–H groups in total. The highest BCUT2D eigenvalue weighted by Gasteiger charge is 2.18. The highest BCUT2D eigenvalue weighted by atomic mass is 16.5. The lowest BCUT2D eigenvalue weighted by Gasteiger charge is -2.23. The number of nitrogens with zero attached hydrogens (tertiary/aromatic N) is 3. The SMILES string of the molecule is O=C(CCc1nc(-c2ccccc2)no1)N(Cc1ccccc1)c1ccccc1. The van der Waals surface area contributed by atoms with Gasteiger partial charge in [-0.2, -0.15) is 4.98 Å². The molecular formula is C24H21N3O2. The second kappa shape index (κ2) is 8.97. The molecule has 0 aliphatic carbocycles. The van der Waals surface area contributed by atoms with Crippen LogP contribution < -0.4 is 4.90 Å². The summed E-state index contributed by atoms with van der Waals surface area (Å²) >= 11 is 0. The van der Waals surface area contributed by atoms with Gasteiger partial charge in [-0.25, -0.2) is 0 Å². The highest BCUT2D eigenvalue weighted by molar-refractivity contribution is 5.93. The van der Waals surface area contributed by atoms with Crippen LogP contribution >= 0.6 is 0 Å². The van der Waals surface area contributed by atoms with Crippen molar-refractivity contribution < 1.29 is 9.32 Å². The van der Waals surface area contributed by atoms with E-state index < -0.39 is 0 Å². The van der Waals surface area contributed by atoms with Gasteiger partial charge in [0.25, 0.3) is 0 Å². The van der Waals surface area contributed by atoms with Crippen LogP contribution in [0, 0.1) is 0 Å². The third-order valence-corrected chi connectivity index (χ3v) is 4.61. The first-order chi connectivity index (χ1) is 14.3. The maximum atomic E-state index is 13.0. The fourth-order valence-electron chi connectivity index (χ4n) is 3.11. The van der Waals surface area contributed by atoms with Gasteiger partial charge in [0.2, 0.25) is 17.6 Å². The summed E-state index contributed by atoms with van der Waals surface area (Å²) in [4.78, 5) is 19.2. The van der Waals surface area contributed by atoms with Crippen LogP contribution in [-0.2, 0) is 17.8 Å². The predicted octanol–water partition coefficient (Wildman–Crippen LogP) is 4.90. The van der Waals surface area contributed by atoms with E-state index in [9.17, 15) is 4.79 Å². The summed E-state index contributed by atoms with van der Waals surface area (Å²) in [6, 6.07) is 29.3. The molecule has 3 aromatic carbocycles. The van der Waals surface area contributed by atoms with E-state index in [0.717, 1.165) is 16.8 Å². The number of hydrogen-bond donors (Lipinski definition) is 0. The monoisotopic (exact) mass is 383 g/mol. The Bertz CT molecular complexity index is 1050. The molecule has 1 heterocycles. The van der Waals surface area contributed by atoms with Crippen molar-refractivity contribution in [2.24, 2.45) is 0 Å². The number of hydrogen-bond acceptors (Lipinski definition) is 4. The molecule has 0 saturated heterocycles. The minimum absolute atomic E-state index is 0.0134. The Labute approximate surface area is 169 Å². The summed E-state index contributed by atoms with van der Waals surface area (Å²) < 4.78 is 5.34. The molecule has 0 fully saturated rings. The number of para-hydroxylation sites is 1. The van der Waals surface area contributed by atoms with Crippen molar-refractivity contribution in [1.82, 2.24) is 10.1 Å². The van der Waals surface area contributed by atoms with Gasteiger partial charge in [-0.15, -0.1) is 0 Å². The van der Waals surface area contributed by atoms with Gasteiger partial charge in [-0.1, -0.05) is 84.0 Å². The van der Waals surface area contributed by atoms with Crippen LogP contribution in [0.2, 0.25) is 0 Å². The third kappa shape index (κ3) is 4.76. The number of carbonyl (C=O) groups is 1. The Morgan fingerprint density at radius 2 is 1.45 bits per heavy atom. The zero-order valence-electron chi connectivity index (χ0n) is 15.9. The van der Waals surface area contributed by atoms with Crippen molar-refractivity contribution in [3.8, 4) is 11.4 Å². The number of rotatable bonds is 7. The number of aromatic nitrogens is 2. The summed E-state index contributed by atoms with van der Waals surface area (Å²) in [7, 11) is 0. The number of carbonyl (C=O) groups excluding carboxylic acids is 1. The number of anilines is 1. The number of amides is 1. The van der Waals surface area contributed by atoms with Crippen LogP contribution in [0.15, 0.2) is 95.5 Å². The van der Waals surface area contributed by atoms with E-state index in [1.165, 1.54) is 0 Å². The molecule has 4 rings (SSSR count). The molecule has 0 atom stereocenters. The lowest BCUT2D eigenvalue weighted by Crippen LogP contribution is -2.30. The largest absolute Gasteiger partial charge is 0.339 e. The summed E-state index contributed by atoms with van der Waals surface area (Å²) in [5, 5.41) is 4.02. The smallest absolute Gasteiger partial charge is 0.227 e. The molecule has 0 radical (unpaired) electrons. The van der Waals surface area contributed by atoms with Crippen molar-refractivity contribution in [1.29, 1.82) is 0 Å². The first-order valence-corrected chi connectivity index (χ1v) is 9.57. The van der Waals surface area contributed by atoms with Crippen LogP contribution in [0.4, 0.5) is 5.69 Å². The van der Waals surface area contributed by atoms with Gasteiger partial charge in [0.15, 0.2) is 0 Å². The van der Waals surface area contributed by atoms with Crippen molar-refractivity contribution in [2.75, 3.05) is 4.90 Å². The molecule has 29 heavy (non-hydrogen) atoms.